The molecule has 7 nitrogen and oxygen atoms in total. The minimum Gasteiger partial charge on any atom is -0.373 e. The summed E-state index contributed by atoms with van der Waals surface area (Å²) in [6.45, 7) is 8.79. The quantitative estimate of drug-likeness (QED) is 0.677. The number of nitrogens with one attached hydrogen (secondary N) is 2. The molecule has 2 aromatic carbocycles. The van der Waals surface area contributed by atoms with E-state index in [2.05, 4.69) is 39.2 Å². The Morgan fingerprint density at radius 2 is 1.77 bits per heavy atom. The number of morpholine rings is 1. The minimum absolute atomic E-state index is 0.128. The number of carbonyl (C=O) groups is 1. The minimum atomic E-state index is -0.128. The predicted octanol–water partition coefficient (Wildman–Crippen LogP) is 3.64. The third-order valence-electron chi connectivity index (χ3n) is 5.12. The summed E-state index contributed by atoms with van der Waals surface area (Å²) < 4.78 is 5.79. The molecule has 0 aliphatic carbocycles. The standard InChI is InChI=1S/C23H27N5O2/c1-15-12-28(13-16(2)30-15)14-18-4-6-20(7-5-18)23(29)25-21-10-8-19(9-11-21)22-24-17(3)26-27-22/h4-11,15-16H,12-14H2,1-3H3,(H,25,29)(H,24,26,27). The van der Waals surface area contributed by atoms with Crippen molar-refractivity contribution in [2.75, 3.05) is 18.4 Å². The van der Waals surface area contributed by atoms with Crippen LogP contribution in [0, 0.1) is 6.92 Å². The van der Waals surface area contributed by atoms with Gasteiger partial charge in [-0.25, -0.2) is 4.98 Å². The normalized spacial score (nSPS) is 19.6. The molecule has 1 saturated heterocycles. The fourth-order valence-electron chi connectivity index (χ4n) is 3.81. The summed E-state index contributed by atoms with van der Waals surface area (Å²) in [5.74, 6) is 1.28. The van der Waals surface area contributed by atoms with Crippen LogP contribution >= 0.6 is 0 Å². The molecule has 1 aromatic heterocycles. The Balaban J connectivity index is 1.35. The predicted molar refractivity (Wildman–Crippen MR) is 116 cm³/mol. The maximum absolute atomic E-state index is 12.6. The summed E-state index contributed by atoms with van der Waals surface area (Å²) in [7, 11) is 0. The van der Waals surface area contributed by atoms with Crippen LogP contribution in [0.15, 0.2) is 48.5 Å². The Morgan fingerprint density at radius 3 is 2.37 bits per heavy atom. The van der Waals surface area contributed by atoms with Crippen molar-refractivity contribution in [2.24, 2.45) is 0 Å². The number of aromatic nitrogens is 3. The Labute approximate surface area is 176 Å². The number of hydrogen-bond donors (Lipinski definition) is 2. The molecular formula is C23H27N5O2. The number of hydrogen-bond acceptors (Lipinski definition) is 5. The van der Waals surface area contributed by atoms with Gasteiger partial charge in [-0.1, -0.05) is 12.1 Å². The molecule has 2 heterocycles. The lowest BCUT2D eigenvalue weighted by atomic mass is 10.1. The number of carbonyl (C=O) groups excluding carboxylic acids is 1. The molecule has 3 aromatic rings. The van der Waals surface area contributed by atoms with E-state index in [0.717, 1.165) is 36.7 Å². The van der Waals surface area contributed by atoms with Gasteiger partial charge in [0.1, 0.15) is 5.82 Å². The third-order valence-corrected chi connectivity index (χ3v) is 5.12. The zero-order chi connectivity index (χ0) is 21.1. The first kappa shape index (κ1) is 20.3. The molecule has 2 N–H and O–H groups in total. The highest BCUT2D eigenvalue weighted by Gasteiger charge is 2.22. The van der Waals surface area contributed by atoms with Crippen molar-refractivity contribution in [3.05, 3.63) is 65.5 Å². The van der Waals surface area contributed by atoms with Crippen LogP contribution in [-0.2, 0) is 11.3 Å². The van der Waals surface area contributed by atoms with Gasteiger partial charge in [-0.2, -0.15) is 5.10 Å². The summed E-state index contributed by atoms with van der Waals surface area (Å²) in [5.41, 5.74) is 3.46. The number of nitrogens with zero attached hydrogens (tertiary/aromatic N) is 3. The topological polar surface area (TPSA) is 83.1 Å². The molecule has 0 saturated carbocycles. The lowest BCUT2D eigenvalue weighted by Gasteiger charge is -2.35. The van der Waals surface area contributed by atoms with Crippen molar-refractivity contribution in [1.29, 1.82) is 0 Å². The summed E-state index contributed by atoms with van der Waals surface area (Å²) in [5, 5.41) is 9.92. The van der Waals surface area contributed by atoms with Gasteiger partial charge < -0.3 is 10.1 Å². The number of aromatic amines is 1. The van der Waals surface area contributed by atoms with E-state index in [-0.39, 0.29) is 18.1 Å². The number of rotatable bonds is 5. The van der Waals surface area contributed by atoms with Crippen molar-refractivity contribution >= 4 is 11.6 Å². The Bertz CT molecular complexity index is 987. The Hall–Kier alpha value is -3.03. The SMILES string of the molecule is Cc1nc(-c2ccc(NC(=O)c3ccc(CN4CC(C)OC(C)C4)cc3)cc2)n[nH]1. The molecule has 2 atom stereocenters. The van der Waals surface area contributed by atoms with Gasteiger partial charge >= 0.3 is 0 Å². The molecular weight excluding hydrogens is 378 g/mol. The second-order valence-electron chi connectivity index (χ2n) is 7.92. The lowest BCUT2D eigenvalue weighted by Crippen LogP contribution is -2.44. The molecule has 0 spiro atoms. The largest absolute Gasteiger partial charge is 0.373 e. The van der Waals surface area contributed by atoms with Crippen LogP contribution in [0.5, 0.6) is 0 Å². The molecule has 0 radical (unpaired) electrons. The number of ether oxygens (including phenoxy) is 1. The van der Waals surface area contributed by atoms with E-state index in [9.17, 15) is 4.79 Å². The van der Waals surface area contributed by atoms with E-state index in [1.807, 2.05) is 55.5 Å². The number of amides is 1. The van der Waals surface area contributed by atoms with E-state index in [4.69, 9.17) is 4.74 Å². The maximum Gasteiger partial charge on any atom is 0.255 e. The third kappa shape index (κ3) is 4.93. The van der Waals surface area contributed by atoms with Gasteiger partial charge in [-0.3, -0.25) is 14.8 Å². The summed E-state index contributed by atoms with van der Waals surface area (Å²) in [4.78, 5) is 19.3. The van der Waals surface area contributed by atoms with Gasteiger partial charge in [0, 0.05) is 36.4 Å². The fourth-order valence-corrected chi connectivity index (χ4v) is 3.81. The second-order valence-corrected chi connectivity index (χ2v) is 7.92. The molecule has 1 aliphatic rings. The van der Waals surface area contributed by atoms with E-state index in [1.54, 1.807) is 0 Å². The molecule has 30 heavy (non-hydrogen) atoms. The number of H-pyrrole nitrogens is 1. The zero-order valence-electron chi connectivity index (χ0n) is 17.6. The van der Waals surface area contributed by atoms with Crippen LogP contribution < -0.4 is 5.32 Å². The van der Waals surface area contributed by atoms with Crippen molar-refractivity contribution in [1.82, 2.24) is 20.1 Å². The van der Waals surface area contributed by atoms with Crippen LogP contribution in [0.3, 0.4) is 0 Å². The maximum atomic E-state index is 12.6. The average molecular weight is 406 g/mol. The molecule has 1 amide bonds. The second kappa shape index (κ2) is 8.77. The van der Waals surface area contributed by atoms with Crippen molar-refractivity contribution < 1.29 is 9.53 Å². The van der Waals surface area contributed by atoms with Crippen molar-refractivity contribution in [3.8, 4) is 11.4 Å². The lowest BCUT2D eigenvalue weighted by molar-refractivity contribution is -0.0704. The van der Waals surface area contributed by atoms with Gasteiger partial charge in [0.15, 0.2) is 5.82 Å². The first-order valence-electron chi connectivity index (χ1n) is 10.2. The fraction of sp³-hybridized carbons (Fsp3) is 0.348. The molecule has 156 valence electrons. The Kier molecular flexibility index (Phi) is 5.92. The van der Waals surface area contributed by atoms with E-state index in [0.29, 0.717) is 11.4 Å². The average Bonchev–Trinajstić information content (AvgIpc) is 3.14. The smallest absolute Gasteiger partial charge is 0.255 e. The first-order chi connectivity index (χ1) is 14.5. The van der Waals surface area contributed by atoms with Crippen LogP contribution in [0.1, 0.15) is 35.6 Å². The van der Waals surface area contributed by atoms with Gasteiger partial charge in [0.2, 0.25) is 0 Å². The zero-order valence-corrected chi connectivity index (χ0v) is 17.6. The molecule has 4 rings (SSSR count). The molecule has 0 bridgehead atoms. The van der Waals surface area contributed by atoms with Crippen molar-refractivity contribution in [3.63, 3.8) is 0 Å². The monoisotopic (exact) mass is 405 g/mol. The number of anilines is 1. The van der Waals surface area contributed by atoms with Crippen molar-refractivity contribution in [2.45, 2.75) is 39.5 Å². The molecule has 1 aliphatic heterocycles. The summed E-state index contributed by atoms with van der Waals surface area (Å²) in [6.07, 6.45) is 0.496. The van der Waals surface area contributed by atoms with Crippen LogP contribution in [0.25, 0.3) is 11.4 Å². The van der Waals surface area contributed by atoms with E-state index >= 15 is 0 Å². The van der Waals surface area contributed by atoms with E-state index < -0.39 is 0 Å². The van der Waals surface area contributed by atoms with Crippen LogP contribution in [0.2, 0.25) is 0 Å². The summed E-state index contributed by atoms with van der Waals surface area (Å²) >= 11 is 0. The van der Waals surface area contributed by atoms with Gasteiger partial charge in [-0.15, -0.1) is 0 Å². The highest BCUT2D eigenvalue weighted by atomic mass is 16.5. The highest BCUT2D eigenvalue weighted by Crippen LogP contribution is 2.19. The van der Waals surface area contributed by atoms with E-state index in [1.165, 1.54) is 5.56 Å². The van der Waals surface area contributed by atoms with Gasteiger partial charge in [0.25, 0.3) is 5.91 Å². The van der Waals surface area contributed by atoms with Crippen LogP contribution in [-0.4, -0.2) is 51.3 Å². The van der Waals surface area contributed by atoms with Gasteiger partial charge in [-0.05, 0) is 62.7 Å². The summed E-state index contributed by atoms with van der Waals surface area (Å²) in [6, 6.07) is 15.3. The molecule has 1 fully saturated rings. The molecule has 7 heteroatoms. The molecule has 2 unspecified atom stereocenters. The van der Waals surface area contributed by atoms with Gasteiger partial charge in [0.05, 0.1) is 12.2 Å². The number of aryl methyl sites for hydroxylation is 1. The highest BCUT2D eigenvalue weighted by molar-refractivity contribution is 6.04. The first-order valence-corrected chi connectivity index (χ1v) is 10.2. The van der Waals surface area contributed by atoms with Crippen LogP contribution in [0.4, 0.5) is 5.69 Å². The Morgan fingerprint density at radius 1 is 1.10 bits per heavy atom. The number of benzene rings is 2.